The average molecular weight is 321 g/mol. The second-order valence-corrected chi connectivity index (χ2v) is 9.16. The Morgan fingerprint density at radius 2 is 2.00 bits per heavy atom. The quantitative estimate of drug-likeness (QED) is 0.737. The monoisotopic (exact) mass is 321 g/mol. The first kappa shape index (κ1) is 16.1. The minimum absolute atomic E-state index is 0.0161. The van der Waals surface area contributed by atoms with Crippen LogP contribution in [-0.4, -0.2) is 54.6 Å². The van der Waals surface area contributed by atoms with E-state index in [-0.39, 0.29) is 17.3 Å². The summed E-state index contributed by atoms with van der Waals surface area (Å²) in [6, 6.07) is -0.0161. The molecular weight excluding hydrogens is 298 g/mol. The molecule has 1 saturated heterocycles. The fourth-order valence-electron chi connectivity index (χ4n) is 3.14. The fourth-order valence-corrected chi connectivity index (χ4v) is 6.90. The van der Waals surface area contributed by atoms with Crippen molar-refractivity contribution >= 4 is 27.8 Å². The highest BCUT2D eigenvalue weighted by molar-refractivity contribution is 8.00. The molecule has 0 bridgehead atoms. The Morgan fingerprint density at radius 1 is 1.30 bits per heavy atom. The van der Waals surface area contributed by atoms with Gasteiger partial charge in [0, 0.05) is 23.6 Å². The first-order valence-corrected chi connectivity index (χ1v) is 9.65. The molecular formula is C13H23NO4S2. The lowest BCUT2D eigenvalue weighted by molar-refractivity contribution is -0.145. The number of methoxy groups -OCH3 is 1. The van der Waals surface area contributed by atoms with Crippen LogP contribution in [0.4, 0.5) is 0 Å². The lowest BCUT2D eigenvalue weighted by atomic mass is 10.1. The van der Waals surface area contributed by atoms with Crippen molar-refractivity contribution in [2.75, 3.05) is 19.4 Å². The third kappa shape index (κ3) is 2.85. The first-order valence-electron chi connectivity index (χ1n) is 7.09. The van der Waals surface area contributed by atoms with Crippen molar-refractivity contribution in [3.63, 3.8) is 0 Å². The molecule has 4 unspecified atom stereocenters. The predicted molar refractivity (Wildman–Crippen MR) is 80.2 cm³/mol. The number of hydrogen-bond acceptors (Lipinski definition) is 5. The number of esters is 1. The number of ether oxygens (including phenoxy) is 1. The molecule has 4 atom stereocenters. The summed E-state index contributed by atoms with van der Waals surface area (Å²) in [5.41, 5.74) is 0. The van der Waals surface area contributed by atoms with Gasteiger partial charge in [-0.05, 0) is 19.8 Å². The molecule has 1 aliphatic heterocycles. The standard InChI is InChI=1S/C13H23NO4S2/c1-9-10(2)19-8-7-14(9)20(16,17)12-6-4-5-11(12)13(15)18-3/h9-12H,4-8H2,1-3H3. The number of nitrogens with zero attached hydrogens (tertiary/aromatic N) is 1. The highest BCUT2D eigenvalue weighted by Crippen LogP contribution is 2.36. The lowest BCUT2D eigenvalue weighted by Gasteiger charge is -2.38. The highest BCUT2D eigenvalue weighted by atomic mass is 32.2. The van der Waals surface area contributed by atoms with E-state index in [1.54, 1.807) is 16.1 Å². The Kier molecular flexibility index (Phi) is 5.02. The summed E-state index contributed by atoms with van der Waals surface area (Å²) in [7, 11) is -2.10. The van der Waals surface area contributed by atoms with Crippen LogP contribution >= 0.6 is 11.8 Å². The minimum Gasteiger partial charge on any atom is -0.469 e. The number of thioether (sulfide) groups is 1. The zero-order valence-corrected chi connectivity index (χ0v) is 13.9. The van der Waals surface area contributed by atoms with E-state index in [1.807, 2.05) is 6.92 Å². The molecule has 0 N–H and O–H groups in total. The molecule has 1 saturated carbocycles. The zero-order chi connectivity index (χ0) is 14.9. The molecule has 1 heterocycles. The second kappa shape index (κ2) is 6.23. The first-order chi connectivity index (χ1) is 9.39. The van der Waals surface area contributed by atoms with Crippen LogP contribution in [0, 0.1) is 5.92 Å². The van der Waals surface area contributed by atoms with E-state index in [1.165, 1.54) is 7.11 Å². The molecule has 2 fully saturated rings. The van der Waals surface area contributed by atoms with Gasteiger partial charge in [-0.1, -0.05) is 13.3 Å². The summed E-state index contributed by atoms with van der Waals surface area (Å²) in [4.78, 5) is 11.8. The van der Waals surface area contributed by atoms with E-state index in [4.69, 9.17) is 4.74 Å². The molecule has 1 aliphatic carbocycles. The number of sulfonamides is 1. The van der Waals surface area contributed by atoms with E-state index < -0.39 is 21.2 Å². The highest BCUT2D eigenvalue weighted by Gasteiger charge is 2.47. The van der Waals surface area contributed by atoms with E-state index in [0.717, 1.165) is 12.2 Å². The van der Waals surface area contributed by atoms with Crippen LogP contribution in [0.3, 0.4) is 0 Å². The number of hydrogen-bond donors (Lipinski definition) is 0. The molecule has 2 aliphatic rings. The van der Waals surface area contributed by atoms with Crippen LogP contribution in [-0.2, 0) is 19.6 Å². The van der Waals surface area contributed by atoms with E-state index in [2.05, 4.69) is 6.92 Å². The summed E-state index contributed by atoms with van der Waals surface area (Å²) in [6.07, 6.45) is 1.95. The van der Waals surface area contributed by atoms with Gasteiger partial charge in [0.1, 0.15) is 0 Å². The maximum Gasteiger partial charge on any atom is 0.310 e. The lowest BCUT2D eigenvalue weighted by Crippen LogP contribution is -2.52. The molecule has 7 heteroatoms. The topological polar surface area (TPSA) is 63.7 Å². The third-order valence-electron chi connectivity index (χ3n) is 4.49. The normalized spacial score (nSPS) is 36.0. The largest absolute Gasteiger partial charge is 0.469 e. The fraction of sp³-hybridized carbons (Fsp3) is 0.923. The van der Waals surface area contributed by atoms with Gasteiger partial charge in [-0.25, -0.2) is 8.42 Å². The molecule has 0 aromatic rings. The summed E-state index contributed by atoms with van der Waals surface area (Å²) in [6.45, 7) is 4.56. The predicted octanol–water partition coefficient (Wildman–Crippen LogP) is 1.48. The van der Waals surface area contributed by atoms with Crippen molar-refractivity contribution in [2.45, 2.75) is 49.7 Å². The van der Waals surface area contributed by atoms with Crippen molar-refractivity contribution in [3.05, 3.63) is 0 Å². The molecule has 116 valence electrons. The molecule has 0 spiro atoms. The van der Waals surface area contributed by atoms with Gasteiger partial charge < -0.3 is 4.74 Å². The second-order valence-electron chi connectivity index (χ2n) is 5.57. The molecule has 0 aromatic carbocycles. The van der Waals surface area contributed by atoms with Crippen LogP contribution in [0.15, 0.2) is 0 Å². The molecule has 0 aromatic heterocycles. The Labute approximate surface area is 125 Å². The Bertz CT molecular complexity index is 465. The maximum atomic E-state index is 12.9. The Morgan fingerprint density at radius 3 is 2.65 bits per heavy atom. The van der Waals surface area contributed by atoms with Crippen LogP contribution in [0.2, 0.25) is 0 Å². The van der Waals surface area contributed by atoms with Crippen LogP contribution < -0.4 is 0 Å². The van der Waals surface area contributed by atoms with Gasteiger partial charge in [-0.2, -0.15) is 16.1 Å². The third-order valence-corrected chi connectivity index (χ3v) is 8.33. The number of carbonyl (C=O) groups is 1. The van der Waals surface area contributed by atoms with E-state index in [0.29, 0.717) is 19.4 Å². The number of carbonyl (C=O) groups excluding carboxylic acids is 1. The summed E-state index contributed by atoms with van der Waals surface area (Å²) >= 11 is 1.80. The Hall–Kier alpha value is -0.270. The van der Waals surface area contributed by atoms with Crippen molar-refractivity contribution in [2.24, 2.45) is 5.92 Å². The van der Waals surface area contributed by atoms with Crippen molar-refractivity contribution in [1.82, 2.24) is 4.31 Å². The van der Waals surface area contributed by atoms with Gasteiger partial charge in [0.2, 0.25) is 10.0 Å². The van der Waals surface area contributed by atoms with Crippen LogP contribution in [0.5, 0.6) is 0 Å². The van der Waals surface area contributed by atoms with E-state index >= 15 is 0 Å². The average Bonchev–Trinajstić information content (AvgIpc) is 2.90. The van der Waals surface area contributed by atoms with Crippen molar-refractivity contribution in [3.8, 4) is 0 Å². The maximum absolute atomic E-state index is 12.9. The van der Waals surface area contributed by atoms with Crippen molar-refractivity contribution < 1.29 is 17.9 Å². The molecule has 0 amide bonds. The molecule has 5 nitrogen and oxygen atoms in total. The van der Waals surface area contributed by atoms with Crippen molar-refractivity contribution in [1.29, 1.82) is 0 Å². The summed E-state index contributed by atoms with van der Waals surface area (Å²) in [5.74, 6) is -0.0642. The van der Waals surface area contributed by atoms with Crippen LogP contribution in [0.1, 0.15) is 33.1 Å². The Balaban J connectivity index is 2.23. The molecule has 20 heavy (non-hydrogen) atoms. The SMILES string of the molecule is COC(=O)C1CCCC1S(=O)(=O)N1CCSC(C)C1C. The van der Waals surface area contributed by atoms with Gasteiger partial charge in [-0.15, -0.1) is 0 Å². The van der Waals surface area contributed by atoms with Crippen LogP contribution in [0.25, 0.3) is 0 Å². The zero-order valence-electron chi connectivity index (χ0n) is 12.2. The smallest absolute Gasteiger partial charge is 0.310 e. The van der Waals surface area contributed by atoms with Gasteiger partial charge >= 0.3 is 5.97 Å². The summed E-state index contributed by atoms with van der Waals surface area (Å²) in [5, 5.41) is -0.316. The van der Waals surface area contributed by atoms with Gasteiger partial charge in [0.25, 0.3) is 0 Å². The van der Waals surface area contributed by atoms with Gasteiger partial charge in [0.05, 0.1) is 18.3 Å². The summed E-state index contributed by atoms with van der Waals surface area (Å²) < 4.78 is 32.1. The molecule has 2 rings (SSSR count). The van der Waals surface area contributed by atoms with Gasteiger partial charge in [-0.3, -0.25) is 4.79 Å². The number of rotatable bonds is 3. The molecule has 0 radical (unpaired) electrons. The van der Waals surface area contributed by atoms with Gasteiger partial charge in [0.15, 0.2) is 0 Å². The van der Waals surface area contributed by atoms with E-state index in [9.17, 15) is 13.2 Å². The minimum atomic E-state index is -3.43.